The van der Waals surface area contributed by atoms with Crippen molar-refractivity contribution >= 4 is 30.8 Å². The minimum Gasteiger partial charge on any atom is -0.343 e. The van der Waals surface area contributed by atoms with Gasteiger partial charge in [-0.15, -0.1) is 0 Å². The molecule has 0 aliphatic carbocycles. The molecule has 0 aliphatic heterocycles. The first-order valence-corrected chi connectivity index (χ1v) is 15.9. The van der Waals surface area contributed by atoms with Crippen LogP contribution in [0, 0.1) is 5.92 Å². The number of carbonyl (C=O) groups is 3. The summed E-state index contributed by atoms with van der Waals surface area (Å²) >= 11 is 0. The van der Waals surface area contributed by atoms with Crippen LogP contribution in [-0.2, 0) is 15.8 Å². The Balaban J connectivity index is 1.77. The molecule has 0 fully saturated rings. The van der Waals surface area contributed by atoms with Gasteiger partial charge in [-0.25, -0.2) is 0 Å². The molecule has 3 aromatic carbocycles. The van der Waals surface area contributed by atoms with E-state index in [4.69, 9.17) is 0 Å². The molecule has 2 unspecified atom stereocenters. The van der Waals surface area contributed by atoms with Crippen molar-refractivity contribution < 1.29 is 23.8 Å². The molecule has 8 nitrogen and oxygen atoms in total. The Hall–Kier alpha value is -3.74. The van der Waals surface area contributed by atoms with Gasteiger partial charge in [-0.05, 0) is 42.3 Å². The summed E-state index contributed by atoms with van der Waals surface area (Å²) in [4.78, 5) is 51.9. The van der Waals surface area contributed by atoms with E-state index in [2.05, 4.69) is 17.6 Å². The Morgan fingerprint density at radius 1 is 0.902 bits per heavy atom. The summed E-state index contributed by atoms with van der Waals surface area (Å²) in [5.41, 5.74) is 1.95. The van der Waals surface area contributed by atoms with E-state index in [1.54, 1.807) is 61.3 Å². The van der Waals surface area contributed by atoms with Crippen molar-refractivity contribution in [1.82, 2.24) is 10.2 Å². The Kier molecular flexibility index (Phi) is 11.9. The number of anilines is 1. The van der Waals surface area contributed by atoms with Gasteiger partial charge in [0.2, 0.25) is 13.3 Å². The average molecular weight is 578 g/mol. The van der Waals surface area contributed by atoms with Crippen LogP contribution < -0.4 is 10.6 Å². The fourth-order valence-corrected chi connectivity index (χ4v) is 6.49. The molecule has 3 rings (SSSR count). The average Bonchev–Trinajstić information content (AvgIpc) is 2.97. The molecular formula is C32H40N3O5P. The highest BCUT2D eigenvalue weighted by Gasteiger charge is 2.36. The van der Waals surface area contributed by atoms with E-state index in [9.17, 15) is 23.8 Å². The number of para-hydroxylation sites is 1. The number of carbonyl (C=O) groups excluding carboxylic acids is 3. The molecule has 0 radical (unpaired) electrons. The van der Waals surface area contributed by atoms with Crippen LogP contribution in [-0.4, -0.2) is 53.1 Å². The third-order valence-corrected chi connectivity index (χ3v) is 9.25. The van der Waals surface area contributed by atoms with Crippen LogP contribution in [0.4, 0.5) is 5.69 Å². The van der Waals surface area contributed by atoms with E-state index < -0.39 is 25.0 Å². The van der Waals surface area contributed by atoms with Crippen molar-refractivity contribution in [3.05, 3.63) is 102 Å². The number of hydrogen-bond donors (Lipinski definition) is 3. The van der Waals surface area contributed by atoms with Crippen LogP contribution in [0.15, 0.2) is 84.9 Å². The third-order valence-electron chi connectivity index (χ3n) is 6.90. The zero-order valence-electron chi connectivity index (χ0n) is 24.0. The lowest BCUT2D eigenvalue weighted by atomic mass is 10.1. The molecule has 3 aromatic rings. The van der Waals surface area contributed by atoms with E-state index in [1.807, 2.05) is 36.4 Å². The predicted molar refractivity (Wildman–Crippen MR) is 163 cm³/mol. The summed E-state index contributed by atoms with van der Waals surface area (Å²) in [5.74, 6) is -3.07. The summed E-state index contributed by atoms with van der Waals surface area (Å²) in [5, 5.41) is 5.51. The smallest absolute Gasteiger partial charge is 0.253 e. The van der Waals surface area contributed by atoms with E-state index >= 15 is 0 Å². The number of hydrogen-bond acceptors (Lipinski definition) is 4. The van der Waals surface area contributed by atoms with Gasteiger partial charge in [0.15, 0.2) is 0 Å². The Labute approximate surface area is 242 Å². The van der Waals surface area contributed by atoms with Crippen molar-refractivity contribution in [3.8, 4) is 0 Å². The van der Waals surface area contributed by atoms with Gasteiger partial charge in [0, 0.05) is 48.9 Å². The van der Waals surface area contributed by atoms with E-state index in [1.165, 1.54) is 6.07 Å². The molecule has 218 valence electrons. The maximum Gasteiger partial charge on any atom is 0.253 e. The largest absolute Gasteiger partial charge is 0.343 e. The van der Waals surface area contributed by atoms with Crippen molar-refractivity contribution in [2.24, 2.45) is 5.92 Å². The lowest BCUT2D eigenvalue weighted by Crippen LogP contribution is -2.38. The summed E-state index contributed by atoms with van der Waals surface area (Å²) < 4.78 is 13.7. The first kappa shape index (κ1) is 31.8. The fourth-order valence-electron chi connectivity index (χ4n) is 4.47. The van der Waals surface area contributed by atoms with Gasteiger partial charge in [-0.2, -0.15) is 0 Å². The van der Waals surface area contributed by atoms with E-state index in [0.29, 0.717) is 17.8 Å². The molecule has 0 spiro atoms. The van der Waals surface area contributed by atoms with Gasteiger partial charge in [0.25, 0.3) is 11.8 Å². The molecule has 0 saturated heterocycles. The van der Waals surface area contributed by atoms with E-state index in [0.717, 1.165) is 24.8 Å². The Bertz CT molecular complexity index is 1350. The van der Waals surface area contributed by atoms with Gasteiger partial charge in [0.1, 0.15) is 5.78 Å². The molecule has 3 atom stereocenters. The highest BCUT2D eigenvalue weighted by Crippen LogP contribution is 2.48. The molecule has 0 aliphatic rings. The molecular weight excluding hydrogens is 537 g/mol. The second-order valence-electron chi connectivity index (χ2n) is 10.4. The molecule has 0 bridgehead atoms. The summed E-state index contributed by atoms with van der Waals surface area (Å²) in [6.45, 7) is 4.31. The molecule has 0 heterocycles. The number of rotatable bonds is 14. The lowest BCUT2D eigenvalue weighted by molar-refractivity contribution is -0.118. The SMILES string of the molecule is CCCCCN(C)C(=O)c1cccc(C(=O)N[C@@H](Cc2ccccc2)P(=O)(O)CC(C)C(=O)Nc2ccccc2)c1. The first-order chi connectivity index (χ1) is 19.6. The summed E-state index contributed by atoms with van der Waals surface area (Å²) in [7, 11) is -2.35. The number of amides is 3. The lowest BCUT2D eigenvalue weighted by Gasteiger charge is -2.26. The van der Waals surface area contributed by atoms with Crippen LogP contribution in [0.5, 0.6) is 0 Å². The van der Waals surface area contributed by atoms with Crippen molar-refractivity contribution in [1.29, 1.82) is 0 Å². The molecule has 3 N–H and O–H groups in total. The fraction of sp³-hybridized carbons (Fsp3) is 0.344. The minimum absolute atomic E-state index is 0.103. The monoisotopic (exact) mass is 577 g/mol. The zero-order chi connectivity index (χ0) is 29.8. The summed E-state index contributed by atoms with van der Waals surface area (Å²) in [6, 6.07) is 24.4. The number of nitrogens with one attached hydrogen (secondary N) is 2. The molecule has 0 aromatic heterocycles. The summed E-state index contributed by atoms with van der Waals surface area (Å²) in [6.07, 6.45) is 2.76. The van der Waals surface area contributed by atoms with Crippen LogP contribution >= 0.6 is 7.37 Å². The molecule has 0 saturated carbocycles. The van der Waals surface area contributed by atoms with Crippen LogP contribution in [0.1, 0.15) is 59.4 Å². The highest BCUT2D eigenvalue weighted by atomic mass is 31.2. The number of nitrogens with zero attached hydrogens (tertiary/aromatic N) is 1. The van der Waals surface area contributed by atoms with Crippen molar-refractivity contribution in [2.45, 2.75) is 45.3 Å². The molecule has 9 heteroatoms. The maximum absolute atomic E-state index is 13.7. The third kappa shape index (κ3) is 9.69. The topological polar surface area (TPSA) is 116 Å². The van der Waals surface area contributed by atoms with Crippen molar-refractivity contribution in [2.75, 3.05) is 25.1 Å². The van der Waals surface area contributed by atoms with Gasteiger partial charge in [-0.3, -0.25) is 18.9 Å². The maximum atomic E-state index is 13.7. The van der Waals surface area contributed by atoms with Gasteiger partial charge in [-0.1, -0.05) is 81.3 Å². The number of unbranched alkanes of at least 4 members (excludes halogenated alkanes) is 2. The Morgan fingerprint density at radius 2 is 1.54 bits per heavy atom. The van der Waals surface area contributed by atoms with Gasteiger partial charge < -0.3 is 20.4 Å². The van der Waals surface area contributed by atoms with Gasteiger partial charge in [0.05, 0.1) is 0 Å². The number of benzene rings is 3. The molecule has 41 heavy (non-hydrogen) atoms. The van der Waals surface area contributed by atoms with Crippen LogP contribution in [0.25, 0.3) is 0 Å². The quantitative estimate of drug-likeness (QED) is 0.166. The highest BCUT2D eigenvalue weighted by molar-refractivity contribution is 7.58. The minimum atomic E-state index is -4.09. The standard InChI is InChI=1S/C32H40N3O5P/c1-4-5-12-20-35(3)32(38)27-17-13-16-26(22-27)31(37)34-29(21-25-14-8-6-9-15-25)41(39,40)23-24(2)30(36)33-28-18-10-7-11-19-28/h6-11,13-19,22,24,29H,4-5,12,20-21,23H2,1-3H3,(H,33,36)(H,34,37)(H,39,40)/t24?,29-/m1/s1. The zero-order valence-corrected chi connectivity index (χ0v) is 24.8. The van der Waals surface area contributed by atoms with E-state index in [-0.39, 0.29) is 30.0 Å². The van der Waals surface area contributed by atoms with Crippen LogP contribution in [0.3, 0.4) is 0 Å². The first-order valence-electron chi connectivity index (χ1n) is 14.0. The second-order valence-corrected chi connectivity index (χ2v) is 12.9. The molecule has 3 amide bonds. The normalized spacial score (nSPS) is 13.9. The van der Waals surface area contributed by atoms with Crippen molar-refractivity contribution in [3.63, 3.8) is 0 Å². The Morgan fingerprint density at radius 3 is 2.20 bits per heavy atom. The van der Waals surface area contributed by atoms with Crippen LogP contribution in [0.2, 0.25) is 0 Å². The van der Waals surface area contributed by atoms with Gasteiger partial charge >= 0.3 is 0 Å². The second kappa shape index (κ2) is 15.3. The predicted octanol–water partition coefficient (Wildman–Crippen LogP) is 5.79.